The van der Waals surface area contributed by atoms with Gasteiger partial charge in [-0.1, -0.05) is 13.8 Å². The third-order valence-electron chi connectivity index (χ3n) is 2.55. The summed E-state index contributed by atoms with van der Waals surface area (Å²) in [7, 11) is 2.63. The van der Waals surface area contributed by atoms with Crippen LogP contribution >= 0.6 is 0 Å². The van der Waals surface area contributed by atoms with Crippen molar-refractivity contribution in [2.75, 3.05) is 47.1 Å². The van der Waals surface area contributed by atoms with Crippen LogP contribution in [0, 0.1) is 5.92 Å². The van der Waals surface area contributed by atoms with Crippen molar-refractivity contribution < 1.29 is 23.8 Å². The van der Waals surface area contributed by atoms with Gasteiger partial charge in [0, 0.05) is 13.2 Å². The van der Waals surface area contributed by atoms with Crippen LogP contribution in [0.2, 0.25) is 0 Å². The lowest BCUT2D eigenvalue weighted by Gasteiger charge is -2.19. The smallest absolute Gasteiger partial charge is 0.319 e. The third-order valence-corrected chi connectivity index (χ3v) is 2.55. The van der Waals surface area contributed by atoms with Crippen molar-refractivity contribution in [1.82, 2.24) is 4.90 Å². The molecule has 6 nitrogen and oxygen atoms in total. The van der Waals surface area contributed by atoms with Crippen molar-refractivity contribution in [2.45, 2.75) is 20.3 Å². The summed E-state index contributed by atoms with van der Waals surface area (Å²) in [4.78, 5) is 24.1. The molecule has 0 saturated heterocycles. The first-order valence-corrected chi connectivity index (χ1v) is 6.43. The number of carbonyl (C=O) groups is 2. The Morgan fingerprint density at radius 1 is 1.00 bits per heavy atom. The number of nitrogens with zero attached hydrogens (tertiary/aromatic N) is 1. The van der Waals surface area contributed by atoms with Gasteiger partial charge in [-0.3, -0.25) is 14.5 Å². The van der Waals surface area contributed by atoms with Gasteiger partial charge in [-0.05, 0) is 12.3 Å². The van der Waals surface area contributed by atoms with Gasteiger partial charge in [-0.15, -0.1) is 0 Å². The van der Waals surface area contributed by atoms with Crippen LogP contribution in [0.3, 0.4) is 0 Å². The zero-order valence-electron chi connectivity index (χ0n) is 12.3. The highest BCUT2D eigenvalue weighted by Crippen LogP contribution is 1.99. The normalized spacial score (nSPS) is 10.8. The predicted octanol–water partition coefficient (Wildman–Crippen LogP) is 0.697. The molecule has 0 aromatic heterocycles. The number of carbonyl (C=O) groups excluding carboxylic acids is 2. The first-order valence-electron chi connectivity index (χ1n) is 6.43. The fourth-order valence-corrected chi connectivity index (χ4v) is 1.32. The monoisotopic (exact) mass is 275 g/mol. The first-order chi connectivity index (χ1) is 8.99. The summed E-state index contributed by atoms with van der Waals surface area (Å²) in [5, 5.41) is 0. The van der Waals surface area contributed by atoms with E-state index >= 15 is 0 Å². The Morgan fingerprint density at radius 3 is 1.95 bits per heavy atom. The molecule has 0 aromatic rings. The molecule has 0 unspecified atom stereocenters. The zero-order valence-corrected chi connectivity index (χ0v) is 12.3. The highest BCUT2D eigenvalue weighted by Gasteiger charge is 2.15. The van der Waals surface area contributed by atoms with Crippen LogP contribution < -0.4 is 0 Å². The molecular weight excluding hydrogens is 250 g/mol. The van der Waals surface area contributed by atoms with Gasteiger partial charge in [0.15, 0.2) is 0 Å². The minimum atomic E-state index is -0.383. The van der Waals surface area contributed by atoms with Crippen LogP contribution in [0.15, 0.2) is 0 Å². The van der Waals surface area contributed by atoms with Crippen LogP contribution in [-0.2, 0) is 23.8 Å². The zero-order chi connectivity index (χ0) is 14.7. The van der Waals surface area contributed by atoms with E-state index in [9.17, 15) is 9.59 Å². The van der Waals surface area contributed by atoms with Crippen LogP contribution in [0.4, 0.5) is 0 Å². The molecule has 0 spiro atoms. The third kappa shape index (κ3) is 10.5. The topological polar surface area (TPSA) is 65.1 Å². The Labute approximate surface area is 115 Å². The SMILES string of the molecule is COC(=O)CN(CCOCCC(C)C)CC(=O)OC. The summed E-state index contributed by atoms with van der Waals surface area (Å²) in [6, 6.07) is 0. The van der Waals surface area contributed by atoms with E-state index in [0.717, 1.165) is 6.42 Å². The second-order valence-electron chi connectivity index (χ2n) is 4.66. The molecule has 0 fully saturated rings. The molecule has 0 radical (unpaired) electrons. The van der Waals surface area contributed by atoms with Gasteiger partial charge in [0.05, 0.1) is 33.9 Å². The van der Waals surface area contributed by atoms with Crippen LogP contribution in [0.1, 0.15) is 20.3 Å². The molecule has 0 aliphatic carbocycles. The largest absolute Gasteiger partial charge is 0.468 e. The average molecular weight is 275 g/mol. The standard InChI is InChI=1S/C13H25NO5/c1-11(2)5-7-19-8-6-14(9-12(15)17-3)10-13(16)18-4/h11H,5-10H2,1-4H3. The highest BCUT2D eigenvalue weighted by atomic mass is 16.5. The molecule has 0 heterocycles. The lowest BCUT2D eigenvalue weighted by molar-refractivity contribution is -0.145. The van der Waals surface area contributed by atoms with E-state index < -0.39 is 0 Å². The van der Waals surface area contributed by atoms with Crippen molar-refractivity contribution in [3.05, 3.63) is 0 Å². The van der Waals surface area contributed by atoms with Crippen LogP contribution in [0.5, 0.6) is 0 Å². The quantitative estimate of drug-likeness (QED) is 0.432. The molecule has 0 saturated carbocycles. The maximum absolute atomic E-state index is 11.2. The van der Waals surface area contributed by atoms with Crippen molar-refractivity contribution in [3.8, 4) is 0 Å². The maximum atomic E-state index is 11.2. The minimum absolute atomic E-state index is 0.0547. The van der Waals surface area contributed by atoms with E-state index in [-0.39, 0.29) is 25.0 Å². The molecule has 19 heavy (non-hydrogen) atoms. The van der Waals surface area contributed by atoms with Gasteiger partial charge in [0.1, 0.15) is 0 Å². The molecule has 0 rings (SSSR count). The summed E-state index contributed by atoms with van der Waals surface area (Å²) in [6.45, 7) is 6.01. The fraction of sp³-hybridized carbons (Fsp3) is 0.846. The van der Waals surface area contributed by atoms with Gasteiger partial charge in [0.25, 0.3) is 0 Å². The number of hydrogen-bond donors (Lipinski definition) is 0. The second kappa shape index (κ2) is 10.8. The fourth-order valence-electron chi connectivity index (χ4n) is 1.32. The lowest BCUT2D eigenvalue weighted by atomic mass is 10.1. The van der Waals surface area contributed by atoms with E-state index in [1.165, 1.54) is 14.2 Å². The van der Waals surface area contributed by atoms with Crippen LogP contribution in [0.25, 0.3) is 0 Å². The van der Waals surface area contributed by atoms with E-state index in [1.54, 1.807) is 4.90 Å². The Bertz CT molecular complexity index is 250. The summed E-state index contributed by atoms with van der Waals surface area (Å²) in [6.07, 6.45) is 0.994. The van der Waals surface area contributed by atoms with E-state index in [0.29, 0.717) is 25.7 Å². The summed E-state index contributed by atoms with van der Waals surface area (Å²) < 4.78 is 14.6. The summed E-state index contributed by atoms with van der Waals surface area (Å²) in [5.74, 6) is -0.168. The van der Waals surface area contributed by atoms with Crippen molar-refractivity contribution >= 4 is 11.9 Å². The van der Waals surface area contributed by atoms with E-state index in [4.69, 9.17) is 4.74 Å². The summed E-state index contributed by atoms with van der Waals surface area (Å²) >= 11 is 0. The Kier molecular flexibility index (Phi) is 10.1. The second-order valence-corrected chi connectivity index (χ2v) is 4.66. The molecule has 0 aromatic carbocycles. The van der Waals surface area contributed by atoms with Crippen molar-refractivity contribution in [3.63, 3.8) is 0 Å². The van der Waals surface area contributed by atoms with Gasteiger partial charge in [-0.2, -0.15) is 0 Å². The molecule has 0 atom stereocenters. The molecule has 0 amide bonds. The molecule has 0 aliphatic heterocycles. The molecule has 0 aliphatic rings. The van der Waals surface area contributed by atoms with Gasteiger partial charge >= 0.3 is 11.9 Å². The molecule has 112 valence electrons. The van der Waals surface area contributed by atoms with Crippen molar-refractivity contribution in [2.24, 2.45) is 5.92 Å². The predicted molar refractivity (Wildman–Crippen MR) is 70.7 cm³/mol. The van der Waals surface area contributed by atoms with Gasteiger partial charge in [-0.25, -0.2) is 0 Å². The van der Waals surface area contributed by atoms with E-state index in [1.807, 2.05) is 0 Å². The highest BCUT2D eigenvalue weighted by molar-refractivity contribution is 5.74. The maximum Gasteiger partial charge on any atom is 0.319 e. The Balaban J connectivity index is 3.97. The molecule has 0 N–H and O–H groups in total. The number of ether oxygens (including phenoxy) is 3. The lowest BCUT2D eigenvalue weighted by Crippen LogP contribution is -2.37. The number of esters is 2. The minimum Gasteiger partial charge on any atom is -0.468 e. The number of rotatable bonds is 10. The van der Waals surface area contributed by atoms with Gasteiger partial charge < -0.3 is 14.2 Å². The Hall–Kier alpha value is -1.14. The van der Waals surface area contributed by atoms with Crippen molar-refractivity contribution in [1.29, 1.82) is 0 Å². The molecule has 0 bridgehead atoms. The van der Waals surface area contributed by atoms with Crippen LogP contribution in [-0.4, -0.2) is 63.9 Å². The average Bonchev–Trinajstić information content (AvgIpc) is 2.37. The summed E-state index contributed by atoms with van der Waals surface area (Å²) in [5.41, 5.74) is 0. The first kappa shape index (κ1) is 17.9. The molecular formula is C13H25NO5. The van der Waals surface area contributed by atoms with Gasteiger partial charge in [0.2, 0.25) is 0 Å². The Morgan fingerprint density at radius 2 is 1.53 bits per heavy atom. The van der Waals surface area contributed by atoms with E-state index in [2.05, 4.69) is 23.3 Å². The molecule has 6 heteroatoms. The number of hydrogen-bond acceptors (Lipinski definition) is 6. The number of methoxy groups -OCH3 is 2.